The summed E-state index contributed by atoms with van der Waals surface area (Å²) in [6, 6.07) is 4.91. The van der Waals surface area contributed by atoms with Gasteiger partial charge in [0.15, 0.2) is 17.3 Å². The lowest BCUT2D eigenvalue weighted by atomic mass is 10.2. The average molecular weight is 249 g/mol. The fourth-order valence-corrected chi connectivity index (χ4v) is 1.90. The van der Waals surface area contributed by atoms with Gasteiger partial charge in [-0.2, -0.15) is 0 Å². The molecule has 2 rings (SSSR count). The number of nitrogens with zero attached hydrogens (tertiary/aromatic N) is 1. The molecule has 2 heterocycles. The number of hydrogen-bond acceptors (Lipinski definition) is 3. The first-order valence-electron chi connectivity index (χ1n) is 5.54. The van der Waals surface area contributed by atoms with Crippen LogP contribution in [0.2, 0.25) is 0 Å². The summed E-state index contributed by atoms with van der Waals surface area (Å²) in [6.07, 6.45) is 1.52. The highest BCUT2D eigenvalue weighted by molar-refractivity contribution is 6.04. The molecule has 94 valence electrons. The van der Waals surface area contributed by atoms with E-state index in [9.17, 15) is 14.0 Å². The van der Waals surface area contributed by atoms with E-state index in [0.29, 0.717) is 5.52 Å². The van der Waals surface area contributed by atoms with Crippen molar-refractivity contribution in [3.05, 3.63) is 41.5 Å². The number of fused-ring (bicyclic) bond motifs is 1. The third-order valence-electron chi connectivity index (χ3n) is 2.61. The smallest absolute Gasteiger partial charge is 0.358 e. The zero-order valence-corrected chi connectivity index (χ0v) is 10.1. The van der Waals surface area contributed by atoms with Crippen molar-refractivity contribution in [1.29, 1.82) is 0 Å². The van der Waals surface area contributed by atoms with E-state index in [1.54, 1.807) is 25.1 Å². The van der Waals surface area contributed by atoms with E-state index in [2.05, 4.69) is 0 Å². The fraction of sp³-hybridized carbons (Fsp3) is 0.231. The number of halogens is 1. The molecule has 0 bridgehead atoms. The number of hydrogen-bond donors (Lipinski definition) is 0. The third-order valence-corrected chi connectivity index (χ3v) is 2.61. The minimum Gasteiger partial charge on any atom is -0.461 e. The minimum absolute atomic E-state index is 0.0846. The van der Waals surface area contributed by atoms with E-state index >= 15 is 0 Å². The number of pyridine rings is 1. The normalized spacial score (nSPS) is 10.6. The Morgan fingerprint density at radius 2 is 2.11 bits per heavy atom. The molecule has 0 spiro atoms. The molecule has 0 aliphatic carbocycles. The summed E-state index contributed by atoms with van der Waals surface area (Å²) in [6.45, 7) is 3.05. The second kappa shape index (κ2) is 4.60. The average Bonchev–Trinajstić information content (AvgIpc) is 2.61. The van der Waals surface area contributed by atoms with Crippen LogP contribution in [-0.2, 0) is 4.74 Å². The lowest BCUT2D eigenvalue weighted by Gasteiger charge is -2.02. The number of carbonyl (C=O) groups is 2. The number of ether oxygens (including phenoxy) is 1. The van der Waals surface area contributed by atoms with Crippen molar-refractivity contribution in [1.82, 2.24) is 4.40 Å². The maximum Gasteiger partial charge on any atom is 0.358 e. The maximum atomic E-state index is 14.2. The predicted molar refractivity (Wildman–Crippen MR) is 63.3 cm³/mol. The molecule has 0 radical (unpaired) electrons. The summed E-state index contributed by atoms with van der Waals surface area (Å²) in [5, 5.41) is 0. The van der Waals surface area contributed by atoms with Crippen molar-refractivity contribution in [2.75, 3.05) is 6.61 Å². The third kappa shape index (κ3) is 1.77. The number of ketones is 1. The van der Waals surface area contributed by atoms with Gasteiger partial charge in [-0.1, -0.05) is 6.07 Å². The Bertz CT molecular complexity index is 630. The van der Waals surface area contributed by atoms with Crippen LogP contribution < -0.4 is 0 Å². The maximum absolute atomic E-state index is 14.2. The molecule has 0 aliphatic heterocycles. The SMILES string of the molecule is CCOC(=O)c1c(F)c(C(C)=O)c2ccccn12. The van der Waals surface area contributed by atoms with Gasteiger partial charge in [0.2, 0.25) is 0 Å². The van der Waals surface area contributed by atoms with Crippen LogP contribution in [0, 0.1) is 5.82 Å². The number of aromatic nitrogens is 1. The molecule has 0 atom stereocenters. The van der Waals surface area contributed by atoms with Gasteiger partial charge < -0.3 is 9.14 Å². The van der Waals surface area contributed by atoms with Crippen LogP contribution in [-0.4, -0.2) is 22.8 Å². The topological polar surface area (TPSA) is 47.8 Å². The number of rotatable bonds is 3. The van der Waals surface area contributed by atoms with Gasteiger partial charge in [0, 0.05) is 6.20 Å². The van der Waals surface area contributed by atoms with Crippen LogP contribution in [0.1, 0.15) is 34.7 Å². The summed E-state index contributed by atoms with van der Waals surface area (Å²) < 4.78 is 20.3. The molecule has 0 saturated carbocycles. The molecule has 0 fully saturated rings. The van der Waals surface area contributed by atoms with E-state index in [-0.39, 0.29) is 17.9 Å². The van der Waals surface area contributed by atoms with E-state index in [4.69, 9.17) is 4.74 Å². The van der Waals surface area contributed by atoms with Gasteiger partial charge in [-0.15, -0.1) is 0 Å². The van der Waals surface area contributed by atoms with Crippen molar-refractivity contribution in [2.45, 2.75) is 13.8 Å². The number of esters is 1. The largest absolute Gasteiger partial charge is 0.461 e. The number of carbonyl (C=O) groups excluding carboxylic acids is 2. The monoisotopic (exact) mass is 249 g/mol. The summed E-state index contributed by atoms with van der Waals surface area (Å²) in [5.41, 5.74) is 0.0434. The first-order chi connectivity index (χ1) is 8.57. The molecule has 4 nitrogen and oxygen atoms in total. The first-order valence-corrected chi connectivity index (χ1v) is 5.54. The molecule has 2 aromatic rings. The summed E-state index contributed by atoms with van der Waals surface area (Å²) in [5.74, 6) is -2.03. The molecule has 0 N–H and O–H groups in total. The molecular formula is C13H12FNO3. The van der Waals surface area contributed by atoms with Gasteiger partial charge in [-0.05, 0) is 26.0 Å². The highest BCUT2D eigenvalue weighted by Crippen LogP contribution is 2.23. The Morgan fingerprint density at radius 1 is 1.39 bits per heavy atom. The van der Waals surface area contributed by atoms with Crippen LogP contribution in [0.25, 0.3) is 5.52 Å². The predicted octanol–water partition coefficient (Wildman–Crippen LogP) is 2.46. The Balaban J connectivity index is 2.77. The van der Waals surface area contributed by atoms with Gasteiger partial charge in [0.1, 0.15) is 0 Å². The lowest BCUT2D eigenvalue weighted by Crippen LogP contribution is -2.10. The van der Waals surface area contributed by atoms with Gasteiger partial charge in [0.25, 0.3) is 0 Å². The van der Waals surface area contributed by atoms with Crippen molar-refractivity contribution in [3.8, 4) is 0 Å². The zero-order chi connectivity index (χ0) is 13.3. The van der Waals surface area contributed by atoms with Gasteiger partial charge in [-0.25, -0.2) is 9.18 Å². The van der Waals surface area contributed by atoms with E-state index < -0.39 is 17.6 Å². The van der Waals surface area contributed by atoms with Crippen LogP contribution in [0.3, 0.4) is 0 Å². The summed E-state index contributed by atoms with van der Waals surface area (Å²) in [4.78, 5) is 23.2. The van der Waals surface area contributed by atoms with Crippen LogP contribution in [0.5, 0.6) is 0 Å². The zero-order valence-electron chi connectivity index (χ0n) is 10.1. The fourth-order valence-electron chi connectivity index (χ4n) is 1.90. The van der Waals surface area contributed by atoms with E-state index in [0.717, 1.165) is 0 Å². The Hall–Kier alpha value is -2.17. The molecule has 18 heavy (non-hydrogen) atoms. The van der Waals surface area contributed by atoms with Gasteiger partial charge in [0.05, 0.1) is 17.7 Å². The molecule has 2 aromatic heterocycles. The first kappa shape index (κ1) is 12.3. The Morgan fingerprint density at radius 3 is 2.72 bits per heavy atom. The lowest BCUT2D eigenvalue weighted by molar-refractivity contribution is 0.0513. The molecule has 0 aromatic carbocycles. The molecular weight excluding hydrogens is 237 g/mol. The molecule has 0 amide bonds. The van der Waals surface area contributed by atoms with E-state index in [1.807, 2.05) is 0 Å². The highest BCUT2D eigenvalue weighted by atomic mass is 19.1. The molecule has 0 saturated heterocycles. The quantitative estimate of drug-likeness (QED) is 0.620. The highest BCUT2D eigenvalue weighted by Gasteiger charge is 2.26. The van der Waals surface area contributed by atoms with Crippen molar-refractivity contribution < 1.29 is 18.7 Å². The summed E-state index contributed by atoms with van der Waals surface area (Å²) >= 11 is 0. The van der Waals surface area contributed by atoms with Gasteiger partial charge in [-0.3, -0.25) is 4.79 Å². The van der Waals surface area contributed by atoms with Crippen molar-refractivity contribution in [3.63, 3.8) is 0 Å². The molecule has 0 unspecified atom stereocenters. The Labute approximate surface area is 103 Å². The van der Waals surface area contributed by atoms with Crippen LogP contribution in [0.15, 0.2) is 24.4 Å². The van der Waals surface area contributed by atoms with Crippen molar-refractivity contribution in [2.24, 2.45) is 0 Å². The summed E-state index contributed by atoms with van der Waals surface area (Å²) in [7, 11) is 0. The van der Waals surface area contributed by atoms with Crippen molar-refractivity contribution >= 4 is 17.3 Å². The minimum atomic E-state index is -0.827. The Kier molecular flexibility index (Phi) is 3.14. The van der Waals surface area contributed by atoms with Gasteiger partial charge >= 0.3 is 5.97 Å². The second-order valence-electron chi connectivity index (χ2n) is 3.77. The molecule has 5 heteroatoms. The van der Waals surface area contributed by atoms with Crippen LogP contribution >= 0.6 is 0 Å². The number of Topliss-reactive ketones (excluding diaryl/α,β-unsaturated/α-hetero) is 1. The van der Waals surface area contributed by atoms with Crippen LogP contribution in [0.4, 0.5) is 4.39 Å². The molecule has 0 aliphatic rings. The second-order valence-corrected chi connectivity index (χ2v) is 3.77. The standard InChI is InChI=1S/C13H12FNO3/c1-3-18-13(17)12-11(14)10(8(2)16)9-6-4-5-7-15(9)12/h4-7H,3H2,1-2H3. The van der Waals surface area contributed by atoms with E-state index in [1.165, 1.54) is 17.5 Å².